The highest BCUT2D eigenvalue weighted by Gasteiger charge is 2.52. The summed E-state index contributed by atoms with van der Waals surface area (Å²) in [5.41, 5.74) is 0.775. The SMILES string of the molecule is CC(=O)N1CCN(C2C3OCC(O3)C(NCc3ccccc3O)C2O)CC1. The Kier molecular flexibility index (Phi) is 5.34. The van der Waals surface area contributed by atoms with Crippen molar-refractivity contribution in [1.82, 2.24) is 15.1 Å². The third kappa shape index (κ3) is 3.68. The smallest absolute Gasteiger partial charge is 0.219 e. The summed E-state index contributed by atoms with van der Waals surface area (Å²) < 4.78 is 11.8. The summed E-state index contributed by atoms with van der Waals surface area (Å²) >= 11 is 0. The molecule has 8 heteroatoms. The molecule has 3 fully saturated rings. The van der Waals surface area contributed by atoms with Crippen LogP contribution in [0.25, 0.3) is 0 Å². The number of rotatable bonds is 4. The van der Waals surface area contributed by atoms with E-state index in [1.165, 1.54) is 0 Å². The van der Waals surface area contributed by atoms with Crippen molar-refractivity contribution in [2.75, 3.05) is 32.8 Å². The number of benzene rings is 1. The maximum absolute atomic E-state index is 11.6. The van der Waals surface area contributed by atoms with E-state index in [0.29, 0.717) is 39.3 Å². The number of amides is 1. The van der Waals surface area contributed by atoms with E-state index in [2.05, 4.69) is 10.2 Å². The number of nitrogens with one attached hydrogen (secondary N) is 1. The highest BCUT2D eigenvalue weighted by molar-refractivity contribution is 5.73. The minimum Gasteiger partial charge on any atom is -0.508 e. The van der Waals surface area contributed by atoms with Crippen molar-refractivity contribution in [3.05, 3.63) is 29.8 Å². The predicted molar refractivity (Wildman–Crippen MR) is 97.0 cm³/mol. The van der Waals surface area contributed by atoms with E-state index in [-0.39, 0.29) is 29.8 Å². The van der Waals surface area contributed by atoms with Crippen molar-refractivity contribution >= 4 is 5.91 Å². The number of para-hydroxylation sites is 1. The van der Waals surface area contributed by atoms with Gasteiger partial charge in [0.15, 0.2) is 6.29 Å². The van der Waals surface area contributed by atoms with Crippen LogP contribution < -0.4 is 5.32 Å². The summed E-state index contributed by atoms with van der Waals surface area (Å²) in [5, 5.41) is 24.4. The number of carbonyl (C=O) groups excluding carboxylic acids is 1. The Morgan fingerprint density at radius 2 is 2.00 bits per heavy atom. The molecule has 3 aliphatic heterocycles. The van der Waals surface area contributed by atoms with Crippen LogP contribution in [0.1, 0.15) is 12.5 Å². The second kappa shape index (κ2) is 7.73. The van der Waals surface area contributed by atoms with E-state index >= 15 is 0 Å². The van der Waals surface area contributed by atoms with Gasteiger partial charge in [-0.2, -0.15) is 0 Å². The highest BCUT2D eigenvalue weighted by atomic mass is 16.7. The number of fused-ring (bicyclic) bond motifs is 2. The zero-order valence-electron chi connectivity index (χ0n) is 15.5. The average Bonchev–Trinajstić information content (AvgIpc) is 3.08. The third-order valence-corrected chi connectivity index (χ3v) is 5.83. The molecule has 3 heterocycles. The molecule has 0 aromatic heterocycles. The lowest BCUT2D eigenvalue weighted by Gasteiger charge is -2.46. The Morgan fingerprint density at radius 1 is 1.26 bits per heavy atom. The van der Waals surface area contributed by atoms with Crippen molar-refractivity contribution in [3.63, 3.8) is 0 Å². The first-order valence-electron chi connectivity index (χ1n) is 9.49. The van der Waals surface area contributed by atoms with E-state index in [1.807, 2.05) is 17.0 Å². The molecule has 27 heavy (non-hydrogen) atoms. The van der Waals surface area contributed by atoms with Gasteiger partial charge < -0.3 is 29.9 Å². The van der Waals surface area contributed by atoms with Crippen molar-refractivity contribution < 1.29 is 24.5 Å². The summed E-state index contributed by atoms with van der Waals surface area (Å²) in [6.45, 7) is 5.10. The van der Waals surface area contributed by atoms with Gasteiger partial charge in [0.05, 0.1) is 24.8 Å². The molecule has 3 aliphatic rings. The molecule has 0 spiro atoms. The van der Waals surface area contributed by atoms with Crippen LogP contribution in [0.5, 0.6) is 5.75 Å². The van der Waals surface area contributed by atoms with Crippen LogP contribution in [0.3, 0.4) is 0 Å². The van der Waals surface area contributed by atoms with Crippen LogP contribution >= 0.6 is 0 Å². The van der Waals surface area contributed by atoms with Gasteiger partial charge in [0.2, 0.25) is 5.91 Å². The van der Waals surface area contributed by atoms with Crippen molar-refractivity contribution in [1.29, 1.82) is 0 Å². The molecule has 3 saturated heterocycles. The van der Waals surface area contributed by atoms with E-state index in [9.17, 15) is 15.0 Å². The second-order valence-corrected chi connectivity index (χ2v) is 7.43. The van der Waals surface area contributed by atoms with Gasteiger partial charge in [0.1, 0.15) is 11.9 Å². The standard InChI is InChI=1S/C19H27N3O5/c1-12(23)21-6-8-22(9-7-21)17-18(25)16(15-11-26-19(17)27-15)20-10-13-4-2-3-5-14(13)24/h2-5,15-20,24-25H,6-11H2,1H3. The molecule has 0 saturated carbocycles. The topological polar surface area (TPSA) is 94.5 Å². The number of aliphatic hydroxyl groups excluding tert-OH is 1. The Bertz CT molecular complexity index is 679. The second-order valence-electron chi connectivity index (χ2n) is 7.43. The summed E-state index contributed by atoms with van der Waals surface area (Å²) in [6.07, 6.45) is -1.33. The number of phenols is 1. The summed E-state index contributed by atoms with van der Waals surface area (Å²) in [7, 11) is 0. The summed E-state index contributed by atoms with van der Waals surface area (Å²) in [5.74, 6) is 0.308. The van der Waals surface area contributed by atoms with Gasteiger partial charge >= 0.3 is 0 Å². The van der Waals surface area contributed by atoms with Crippen molar-refractivity contribution in [3.8, 4) is 5.75 Å². The van der Waals surface area contributed by atoms with Gasteiger partial charge in [-0.25, -0.2) is 0 Å². The summed E-state index contributed by atoms with van der Waals surface area (Å²) in [4.78, 5) is 15.5. The molecule has 0 radical (unpaired) electrons. The van der Waals surface area contributed by atoms with Crippen LogP contribution in [0, 0.1) is 0 Å². The number of piperazine rings is 1. The monoisotopic (exact) mass is 377 g/mol. The fraction of sp³-hybridized carbons (Fsp3) is 0.632. The molecule has 1 aromatic carbocycles. The quantitative estimate of drug-likeness (QED) is 0.651. The number of phenolic OH excluding ortho intramolecular Hbond substituents is 1. The first-order chi connectivity index (χ1) is 13.0. The predicted octanol–water partition coefficient (Wildman–Crippen LogP) is -0.501. The Balaban J connectivity index is 1.43. The first-order valence-corrected chi connectivity index (χ1v) is 9.49. The maximum atomic E-state index is 11.6. The number of carbonyl (C=O) groups is 1. The van der Waals surface area contributed by atoms with Crippen LogP contribution in [-0.4, -0.2) is 89.3 Å². The van der Waals surface area contributed by atoms with Gasteiger partial charge in [-0.05, 0) is 6.07 Å². The minimum atomic E-state index is -0.661. The van der Waals surface area contributed by atoms with E-state index < -0.39 is 12.4 Å². The van der Waals surface area contributed by atoms with Crippen LogP contribution in [0.2, 0.25) is 0 Å². The molecule has 2 bridgehead atoms. The number of nitrogens with zero attached hydrogens (tertiary/aromatic N) is 2. The normalized spacial score (nSPS) is 34.0. The van der Waals surface area contributed by atoms with E-state index in [4.69, 9.17) is 9.47 Å². The van der Waals surface area contributed by atoms with Crippen LogP contribution in [0.15, 0.2) is 24.3 Å². The lowest BCUT2D eigenvalue weighted by molar-refractivity contribution is -0.187. The molecule has 5 atom stereocenters. The lowest BCUT2D eigenvalue weighted by atomic mass is 9.94. The number of aromatic hydroxyl groups is 1. The fourth-order valence-electron chi connectivity index (χ4n) is 4.26. The van der Waals surface area contributed by atoms with Crippen LogP contribution in [-0.2, 0) is 20.8 Å². The molecule has 1 aromatic rings. The zero-order valence-corrected chi connectivity index (χ0v) is 15.5. The summed E-state index contributed by atoms with van der Waals surface area (Å²) in [6, 6.07) is 6.58. The molecule has 4 rings (SSSR count). The number of hydrogen-bond acceptors (Lipinski definition) is 7. The van der Waals surface area contributed by atoms with E-state index in [0.717, 1.165) is 5.56 Å². The minimum absolute atomic E-state index is 0.0782. The zero-order chi connectivity index (χ0) is 19.0. The maximum Gasteiger partial charge on any atom is 0.219 e. The van der Waals surface area contributed by atoms with Gasteiger partial charge in [0.25, 0.3) is 0 Å². The van der Waals surface area contributed by atoms with E-state index in [1.54, 1.807) is 19.1 Å². The molecular weight excluding hydrogens is 350 g/mol. The van der Waals surface area contributed by atoms with Gasteiger partial charge in [-0.1, -0.05) is 18.2 Å². The average molecular weight is 377 g/mol. The first kappa shape index (κ1) is 18.6. The van der Waals surface area contributed by atoms with Gasteiger partial charge in [-0.3, -0.25) is 9.69 Å². The largest absolute Gasteiger partial charge is 0.508 e. The third-order valence-electron chi connectivity index (χ3n) is 5.83. The van der Waals surface area contributed by atoms with Gasteiger partial charge in [0, 0.05) is 45.2 Å². The van der Waals surface area contributed by atoms with Crippen molar-refractivity contribution in [2.45, 2.75) is 44.1 Å². The Hall–Kier alpha value is -1.71. The molecule has 1 amide bonds. The molecule has 0 aliphatic carbocycles. The Labute approximate surface area is 158 Å². The Morgan fingerprint density at radius 3 is 2.70 bits per heavy atom. The fourth-order valence-corrected chi connectivity index (χ4v) is 4.26. The number of hydrogen-bond donors (Lipinski definition) is 3. The molecule has 8 nitrogen and oxygen atoms in total. The molecule has 5 unspecified atom stereocenters. The molecular formula is C19H27N3O5. The molecule has 148 valence electrons. The van der Waals surface area contributed by atoms with Crippen molar-refractivity contribution in [2.24, 2.45) is 0 Å². The number of ether oxygens (including phenoxy) is 2. The number of aliphatic hydroxyl groups is 1. The lowest BCUT2D eigenvalue weighted by Crippen LogP contribution is -2.66. The van der Waals surface area contributed by atoms with Crippen LogP contribution in [0.4, 0.5) is 0 Å². The van der Waals surface area contributed by atoms with Gasteiger partial charge in [-0.15, -0.1) is 0 Å². The molecule has 3 N–H and O–H groups in total. The highest BCUT2D eigenvalue weighted by Crippen LogP contribution is 2.32.